The lowest BCUT2D eigenvalue weighted by Gasteiger charge is -2.29. The lowest BCUT2D eigenvalue weighted by Crippen LogP contribution is -2.46. The van der Waals surface area contributed by atoms with Crippen molar-refractivity contribution in [3.8, 4) is 0 Å². The monoisotopic (exact) mass is 493 g/mol. The molecule has 2 aromatic rings. The molecule has 0 spiro atoms. The van der Waals surface area contributed by atoms with Gasteiger partial charge in [0.2, 0.25) is 21.8 Å². The second kappa shape index (κ2) is 11.5. The summed E-state index contributed by atoms with van der Waals surface area (Å²) < 4.78 is 26.1. The Morgan fingerprint density at radius 1 is 1.06 bits per heavy atom. The van der Waals surface area contributed by atoms with Gasteiger partial charge in [0.05, 0.1) is 11.9 Å². The van der Waals surface area contributed by atoms with E-state index in [0.717, 1.165) is 22.9 Å². The Labute approximate surface area is 201 Å². The Hall–Kier alpha value is -2.58. The van der Waals surface area contributed by atoms with E-state index in [-0.39, 0.29) is 31.3 Å². The highest BCUT2D eigenvalue weighted by atomic mass is 35.5. The number of carbonyl (C=O) groups is 2. The predicted molar refractivity (Wildman–Crippen MR) is 133 cm³/mol. The minimum absolute atomic E-state index is 0.103. The number of rotatable bonds is 10. The van der Waals surface area contributed by atoms with Crippen LogP contribution in [0, 0.1) is 13.8 Å². The van der Waals surface area contributed by atoms with Crippen molar-refractivity contribution < 1.29 is 18.0 Å². The summed E-state index contributed by atoms with van der Waals surface area (Å²) in [6, 6.07) is 11.9. The summed E-state index contributed by atoms with van der Waals surface area (Å²) in [5, 5.41) is 3.17. The standard InChI is InChI=1S/C24H32ClN3O4S/c1-17-8-13-22(15-18(17)2)28(33(5,31)32)14-6-7-23(29)27(19(3)24(30)26-4)16-20-9-11-21(25)12-10-20/h8-13,15,19H,6-7,14,16H2,1-5H3,(H,26,30)/t19-/m1/s1. The van der Waals surface area contributed by atoms with E-state index >= 15 is 0 Å². The maximum absolute atomic E-state index is 13.1. The molecule has 2 amide bonds. The Kier molecular flexibility index (Phi) is 9.31. The van der Waals surface area contributed by atoms with E-state index in [9.17, 15) is 18.0 Å². The maximum atomic E-state index is 13.1. The van der Waals surface area contributed by atoms with Gasteiger partial charge in [-0.25, -0.2) is 8.42 Å². The van der Waals surface area contributed by atoms with Crippen LogP contribution >= 0.6 is 11.6 Å². The van der Waals surface area contributed by atoms with Crippen LogP contribution in [0.1, 0.15) is 36.5 Å². The first-order chi connectivity index (χ1) is 15.4. The van der Waals surface area contributed by atoms with Crippen LogP contribution in [0.4, 0.5) is 5.69 Å². The van der Waals surface area contributed by atoms with Crippen molar-refractivity contribution in [3.05, 3.63) is 64.2 Å². The first kappa shape index (κ1) is 26.7. The van der Waals surface area contributed by atoms with Gasteiger partial charge < -0.3 is 10.2 Å². The average molecular weight is 494 g/mol. The van der Waals surface area contributed by atoms with Gasteiger partial charge in [-0.1, -0.05) is 29.8 Å². The van der Waals surface area contributed by atoms with E-state index in [2.05, 4.69) is 5.32 Å². The normalized spacial score (nSPS) is 12.2. The molecular formula is C24H32ClN3O4S. The van der Waals surface area contributed by atoms with Gasteiger partial charge in [0.1, 0.15) is 6.04 Å². The molecule has 1 atom stereocenters. The highest BCUT2D eigenvalue weighted by Gasteiger charge is 2.26. The number of aryl methyl sites for hydroxylation is 2. The smallest absolute Gasteiger partial charge is 0.242 e. The molecule has 0 saturated carbocycles. The Morgan fingerprint density at radius 2 is 1.70 bits per heavy atom. The van der Waals surface area contributed by atoms with Gasteiger partial charge in [-0.2, -0.15) is 0 Å². The van der Waals surface area contributed by atoms with Crippen molar-refractivity contribution >= 4 is 39.1 Å². The lowest BCUT2D eigenvalue weighted by atomic mass is 10.1. The van der Waals surface area contributed by atoms with Crippen molar-refractivity contribution in [3.63, 3.8) is 0 Å². The van der Waals surface area contributed by atoms with Crippen molar-refractivity contribution in [2.45, 2.75) is 46.2 Å². The summed E-state index contributed by atoms with van der Waals surface area (Å²) in [5.74, 6) is -0.500. The van der Waals surface area contributed by atoms with Crippen molar-refractivity contribution in [1.29, 1.82) is 0 Å². The third-order valence-corrected chi connectivity index (χ3v) is 7.06. The molecular weight excluding hydrogens is 462 g/mol. The van der Waals surface area contributed by atoms with Crippen LogP contribution in [0.5, 0.6) is 0 Å². The molecule has 33 heavy (non-hydrogen) atoms. The highest BCUT2D eigenvalue weighted by molar-refractivity contribution is 7.92. The number of halogens is 1. The molecule has 0 aromatic heterocycles. The molecule has 0 heterocycles. The van der Waals surface area contributed by atoms with Crippen LogP contribution in [0.25, 0.3) is 0 Å². The molecule has 1 N–H and O–H groups in total. The van der Waals surface area contributed by atoms with Crippen molar-refractivity contribution in [2.24, 2.45) is 0 Å². The Balaban J connectivity index is 2.15. The Morgan fingerprint density at radius 3 is 2.24 bits per heavy atom. The molecule has 7 nitrogen and oxygen atoms in total. The Bertz CT molecular complexity index is 1090. The summed E-state index contributed by atoms with van der Waals surface area (Å²) in [6.07, 6.45) is 1.58. The van der Waals surface area contributed by atoms with Crippen LogP contribution in [-0.4, -0.2) is 51.0 Å². The quantitative estimate of drug-likeness (QED) is 0.547. The fourth-order valence-corrected chi connectivity index (χ4v) is 4.55. The lowest BCUT2D eigenvalue weighted by molar-refractivity contribution is -0.140. The van der Waals surface area contributed by atoms with E-state index < -0.39 is 16.1 Å². The fourth-order valence-electron chi connectivity index (χ4n) is 3.46. The summed E-state index contributed by atoms with van der Waals surface area (Å²) in [6.45, 7) is 5.97. The number of hydrogen-bond donors (Lipinski definition) is 1. The van der Waals surface area contributed by atoms with E-state index in [0.29, 0.717) is 17.1 Å². The molecule has 180 valence electrons. The molecule has 2 aromatic carbocycles. The van der Waals surface area contributed by atoms with Crippen LogP contribution in [-0.2, 0) is 26.2 Å². The molecule has 0 aliphatic heterocycles. The fraction of sp³-hybridized carbons (Fsp3) is 0.417. The zero-order chi connectivity index (χ0) is 24.8. The minimum Gasteiger partial charge on any atom is -0.357 e. The van der Waals surface area contributed by atoms with Crippen LogP contribution in [0.15, 0.2) is 42.5 Å². The zero-order valence-electron chi connectivity index (χ0n) is 19.8. The molecule has 0 unspecified atom stereocenters. The molecule has 2 rings (SSSR count). The number of anilines is 1. The first-order valence-electron chi connectivity index (χ1n) is 10.7. The third-order valence-electron chi connectivity index (χ3n) is 5.61. The largest absolute Gasteiger partial charge is 0.357 e. The number of likely N-dealkylation sites (N-methyl/N-ethyl adjacent to an activating group) is 1. The second-order valence-electron chi connectivity index (χ2n) is 8.15. The number of nitrogens with one attached hydrogen (secondary N) is 1. The second-order valence-corrected chi connectivity index (χ2v) is 10.5. The highest BCUT2D eigenvalue weighted by Crippen LogP contribution is 2.22. The molecule has 0 fully saturated rings. The minimum atomic E-state index is -3.52. The van der Waals surface area contributed by atoms with Gasteiger partial charge in [-0.15, -0.1) is 0 Å². The SMILES string of the molecule is CNC(=O)[C@@H](C)N(Cc1ccc(Cl)cc1)C(=O)CCCN(c1ccc(C)c(C)c1)S(C)(=O)=O. The maximum Gasteiger partial charge on any atom is 0.242 e. The first-order valence-corrected chi connectivity index (χ1v) is 13.0. The summed E-state index contributed by atoms with van der Waals surface area (Å²) in [4.78, 5) is 26.8. The summed E-state index contributed by atoms with van der Waals surface area (Å²) in [5.41, 5.74) is 3.48. The van der Waals surface area contributed by atoms with E-state index in [1.807, 2.05) is 38.1 Å². The third kappa shape index (κ3) is 7.47. The number of amides is 2. The van der Waals surface area contributed by atoms with E-state index in [1.165, 1.54) is 16.3 Å². The van der Waals surface area contributed by atoms with Gasteiger partial charge in [0.25, 0.3) is 0 Å². The van der Waals surface area contributed by atoms with Gasteiger partial charge in [-0.05, 0) is 68.1 Å². The van der Waals surface area contributed by atoms with Gasteiger partial charge in [0, 0.05) is 31.6 Å². The van der Waals surface area contributed by atoms with Gasteiger partial charge >= 0.3 is 0 Å². The molecule has 0 aliphatic carbocycles. The molecule has 0 aliphatic rings. The molecule has 9 heteroatoms. The van der Waals surface area contributed by atoms with E-state index in [1.54, 1.807) is 25.1 Å². The molecule has 0 saturated heterocycles. The number of sulfonamides is 1. The molecule has 0 radical (unpaired) electrons. The van der Waals surface area contributed by atoms with Crippen molar-refractivity contribution in [1.82, 2.24) is 10.2 Å². The van der Waals surface area contributed by atoms with Gasteiger partial charge in [-0.3, -0.25) is 13.9 Å². The van der Waals surface area contributed by atoms with Crippen LogP contribution < -0.4 is 9.62 Å². The molecule has 0 bridgehead atoms. The number of benzene rings is 2. The van der Waals surface area contributed by atoms with E-state index in [4.69, 9.17) is 11.6 Å². The number of carbonyl (C=O) groups excluding carboxylic acids is 2. The predicted octanol–water partition coefficient (Wildman–Crippen LogP) is 3.67. The zero-order valence-corrected chi connectivity index (χ0v) is 21.3. The van der Waals surface area contributed by atoms with Crippen LogP contribution in [0.2, 0.25) is 5.02 Å². The summed E-state index contributed by atoms with van der Waals surface area (Å²) >= 11 is 5.95. The van der Waals surface area contributed by atoms with Crippen LogP contribution in [0.3, 0.4) is 0 Å². The topological polar surface area (TPSA) is 86.8 Å². The summed E-state index contributed by atoms with van der Waals surface area (Å²) in [7, 11) is -2.00. The van der Waals surface area contributed by atoms with Crippen molar-refractivity contribution in [2.75, 3.05) is 24.2 Å². The average Bonchev–Trinajstić information content (AvgIpc) is 2.76. The number of nitrogens with zero attached hydrogens (tertiary/aromatic N) is 2. The van der Waals surface area contributed by atoms with Gasteiger partial charge in [0.15, 0.2) is 0 Å². The number of hydrogen-bond acceptors (Lipinski definition) is 4.